The Morgan fingerprint density at radius 3 is 1.41 bits per heavy atom. The lowest BCUT2D eigenvalue weighted by atomic mass is 10.0. The minimum absolute atomic E-state index is 0.866. The first-order chi connectivity index (χ1) is 14.2. The van der Waals surface area contributed by atoms with Crippen LogP contribution in [0.5, 0.6) is 0 Å². The zero-order valence-electron chi connectivity index (χ0n) is 20.7. The Balaban J connectivity index is 1.88. The molecule has 0 N–H and O–H groups in total. The van der Waals surface area contributed by atoms with Gasteiger partial charge in [0.05, 0.1) is 26.2 Å². The van der Waals surface area contributed by atoms with Gasteiger partial charge in [-0.3, -0.25) is 0 Å². The van der Waals surface area contributed by atoms with E-state index < -0.39 is 0 Å². The van der Waals surface area contributed by atoms with Crippen LogP contribution in [0.2, 0.25) is 0 Å². The van der Waals surface area contributed by atoms with Crippen LogP contribution < -0.4 is 0 Å². The molecule has 174 valence electrons. The van der Waals surface area contributed by atoms with Gasteiger partial charge in [0.15, 0.2) is 0 Å². The average Bonchev–Trinajstić information content (AvgIpc) is 2.73. The maximum absolute atomic E-state index is 2.39. The van der Waals surface area contributed by atoms with Gasteiger partial charge in [0.25, 0.3) is 0 Å². The summed E-state index contributed by atoms with van der Waals surface area (Å²) in [5.41, 5.74) is 0. The maximum atomic E-state index is 2.39. The minimum atomic E-state index is 0.866. The van der Waals surface area contributed by atoms with Crippen LogP contribution in [0.1, 0.15) is 130 Å². The Kier molecular flexibility index (Phi) is 17.9. The number of thioether (sulfide) groups is 1. The molecule has 0 saturated carbocycles. The van der Waals surface area contributed by atoms with E-state index in [9.17, 15) is 0 Å². The van der Waals surface area contributed by atoms with Gasteiger partial charge < -0.3 is 4.48 Å². The van der Waals surface area contributed by atoms with Crippen molar-refractivity contribution in [3.8, 4) is 0 Å². The van der Waals surface area contributed by atoms with E-state index in [0.29, 0.717) is 0 Å². The number of quaternary nitrogens is 1. The molecule has 1 saturated heterocycles. The van der Waals surface area contributed by atoms with Crippen molar-refractivity contribution in [2.75, 3.05) is 37.7 Å². The molecule has 1 aliphatic rings. The molecule has 0 radical (unpaired) electrons. The van der Waals surface area contributed by atoms with Gasteiger partial charge in [-0.1, -0.05) is 111 Å². The second kappa shape index (κ2) is 19.0. The number of hydrogen-bond donors (Lipinski definition) is 0. The third-order valence-corrected chi connectivity index (χ3v) is 8.03. The molecule has 0 amide bonds. The summed E-state index contributed by atoms with van der Waals surface area (Å²) in [5.74, 6) is 3.67. The van der Waals surface area contributed by atoms with Crippen molar-refractivity contribution in [2.45, 2.75) is 130 Å². The van der Waals surface area contributed by atoms with E-state index in [-0.39, 0.29) is 0 Å². The van der Waals surface area contributed by atoms with Crippen LogP contribution in [0.15, 0.2) is 0 Å². The Labute approximate surface area is 189 Å². The van der Waals surface area contributed by atoms with Gasteiger partial charge in [-0.2, -0.15) is 11.8 Å². The van der Waals surface area contributed by atoms with Gasteiger partial charge in [0.2, 0.25) is 0 Å². The SMILES string of the molecule is CCCCCCCCCCCCCCCCCC[N+]1(CCC(C)C)CCSCC1. The highest BCUT2D eigenvalue weighted by Gasteiger charge is 2.29. The molecule has 0 unspecified atom stereocenters. The van der Waals surface area contributed by atoms with Gasteiger partial charge in [-0.15, -0.1) is 0 Å². The van der Waals surface area contributed by atoms with Crippen molar-refractivity contribution >= 4 is 11.8 Å². The molecule has 1 heterocycles. The average molecular weight is 427 g/mol. The standard InChI is InChI=1S/C27H56NS/c1-4-5-6-7-8-9-10-11-12-13-14-15-16-17-18-19-21-28(22-20-27(2)3)23-25-29-26-24-28/h27H,4-26H2,1-3H3/q+1. The van der Waals surface area contributed by atoms with Crippen molar-refractivity contribution in [3.05, 3.63) is 0 Å². The third-order valence-electron chi connectivity index (χ3n) is 7.09. The molecule has 0 aromatic rings. The molecule has 0 aromatic carbocycles. The second-order valence-electron chi connectivity index (χ2n) is 10.3. The Morgan fingerprint density at radius 2 is 1.00 bits per heavy atom. The minimum Gasteiger partial charge on any atom is -0.322 e. The van der Waals surface area contributed by atoms with Crippen LogP contribution in [-0.2, 0) is 0 Å². The van der Waals surface area contributed by atoms with E-state index in [2.05, 4.69) is 32.5 Å². The molecule has 0 aromatic heterocycles. The molecule has 0 aliphatic carbocycles. The highest BCUT2D eigenvalue weighted by atomic mass is 32.2. The maximum Gasteiger partial charge on any atom is 0.0878 e. The van der Waals surface area contributed by atoms with Crippen molar-refractivity contribution in [1.29, 1.82) is 0 Å². The van der Waals surface area contributed by atoms with Gasteiger partial charge in [-0.05, 0) is 25.2 Å². The van der Waals surface area contributed by atoms with Gasteiger partial charge in [0, 0.05) is 11.5 Å². The molecule has 1 nitrogen and oxygen atoms in total. The first-order valence-electron chi connectivity index (χ1n) is 13.6. The number of rotatable bonds is 20. The summed E-state index contributed by atoms with van der Waals surface area (Å²) in [6, 6.07) is 0. The van der Waals surface area contributed by atoms with Crippen LogP contribution in [0, 0.1) is 5.92 Å². The van der Waals surface area contributed by atoms with Gasteiger partial charge in [0.1, 0.15) is 0 Å². The molecule has 0 spiro atoms. The molecule has 2 heteroatoms. The molecule has 0 atom stereocenters. The summed E-state index contributed by atoms with van der Waals surface area (Å²) in [6.07, 6.45) is 25.0. The molecular formula is C27H56NS+. The van der Waals surface area contributed by atoms with Gasteiger partial charge >= 0.3 is 0 Å². The fourth-order valence-electron chi connectivity index (χ4n) is 4.82. The summed E-state index contributed by atoms with van der Waals surface area (Å²) < 4.78 is 1.45. The van der Waals surface area contributed by atoms with Crippen LogP contribution >= 0.6 is 11.8 Å². The molecule has 1 rings (SSSR count). The van der Waals surface area contributed by atoms with E-state index in [0.717, 1.165) is 5.92 Å². The molecule has 29 heavy (non-hydrogen) atoms. The van der Waals surface area contributed by atoms with E-state index in [1.807, 2.05) is 0 Å². The summed E-state index contributed by atoms with van der Waals surface area (Å²) >= 11 is 2.18. The van der Waals surface area contributed by atoms with Crippen LogP contribution in [-0.4, -0.2) is 42.2 Å². The zero-order valence-corrected chi connectivity index (χ0v) is 21.5. The number of unbranched alkanes of at least 4 members (excludes halogenated alkanes) is 15. The lowest BCUT2D eigenvalue weighted by Gasteiger charge is -2.42. The lowest BCUT2D eigenvalue weighted by Crippen LogP contribution is -2.54. The second-order valence-corrected chi connectivity index (χ2v) is 11.6. The van der Waals surface area contributed by atoms with Crippen LogP contribution in [0.3, 0.4) is 0 Å². The molecule has 1 aliphatic heterocycles. The normalized spacial score (nSPS) is 16.6. The lowest BCUT2D eigenvalue weighted by molar-refractivity contribution is -0.925. The van der Waals surface area contributed by atoms with Crippen LogP contribution in [0.4, 0.5) is 0 Å². The van der Waals surface area contributed by atoms with Crippen molar-refractivity contribution in [2.24, 2.45) is 5.92 Å². The summed E-state index contributed by atoms with van der Waals surface area (Å²) in [6.45, 7) is 12.9. The van der Waals surface area contributed by atoms with Crippen molar-refractivity contribution < 1.29 is 4.48 Å². The highest BCUT2D eigenvalue weighted by molar-refractivity contribution is 7.99. The quantitative estimate of drug-likeness (QED) is 0.138. The Hall–Kier alpha value is 0.310. The third kappa shape index (κ3) is 15.7. The summed E-state index contributed by atoms with van der Waals surface area (Å²) in [7, 11) is 0. The van der Waals surface area contributed by atoms with Crippen LogP contribution in [0.25, 0.3) is 0 Å². The van der Waals surface area contributed by atoms with Gasteiger partial charge in [-0.25, -0.2) is 0 Å². The summed E-state index contributed by atoms with van der Waals surface area (Å²) in [5, 5.41) is 0. The first-order valence-corrected chi connectivity index (χ1v) is 14.8. The van der Waals surface area contributed by atoms with E-state index in [1.54, 1.807) is 0 Å². The number of hydrogen-bond acceptors (Lipinski definition) is 1. The van der Waals surface area contributed by atoms with E-state index in [4.69, 9.17) is 0 Å². The fraction of sp³-hybridized carbons (Fsp3) is 1.00. The monoisotopic (exact) mass is 426 g/mol. The Morgan fingerprint density at radius 1 is 0.586 bits per heavy atom. The smallest absolute Gasteiger partial charge is 0.0878 e. The largest absolute Gasteiger partial charge is 0.322 e. The molecule has 1 fully saturated rings. The topological polar surface area (TPSA) is 0 Å². The molecular weight excluding hydrogens is 370 g/mol. The summed E-state index contributed by atoms with van der Waals surface area (Å²) in [4.78, 5) is 0. The first kappa shape index (κ1) is 27.3. The predicted octanol–water partition coefficient (Wildman–Crippen LogP) is 8.86. The predicted molar refractivity (Wildman–Crippen MR) is 136 cm³/mol. The van der Waals surface area contributed by atoms with Crippen molar-refractivity contribution in [3.63, 3.8) is 0 Å². The fourth-order valence-corrected chi connectivity index (χ4v) is 6.05. The Bertz CT molecular complexity index is 335. The highest BCUT2D eigenvalue weighted by Crippen LogP contribution is 2.22. The van der Waals surface area contributed by atoms with E-state index in [1.165, 1.54) is 151 Å². The zero-order chi connectivity index (χ0) is 21.0. The van der Waals surface area contributed by atoms with Crippen molar-refractivity contribution in [1.82, 2.24) is 0 Å². The number of nitrogens with zero attached hydrogens (tertiary/aromatic N) is 1. The van der Waals surface area contributed by atoms with E-state index >= 15 is 0 Å². The molecule has 0 bridgehead atoms.